The van der Waals surface area contributed by atoms with Crippen LogP contribution < -0.4 is 10.2 Å². The van der Waals surface area contributed by atoms with E-state index >= 15 is 0 Å². The smallest absolute Gasteiger partial charge is 0.409 e. The number of ether oxygens (including phenoxy) is 4. The lowest BCUT2D eigenvalue weighted by atomic mass is 10.2. The van der Waals surface area contributed by atoms with E-state index in [0.717, 1.165) is 19.3 Å². The van der Waals surface area contributed by atoms with Gasteiger partial charge in [-0.3, -0.25) is 32.8 Å². The molecule has 1 aromatic carbocycles. The van der Waals surface area contributed by atoms with E-state index < -0.39 is 75.1 Å². The van der Waals surface area contributed by atoms with Crippen LogP contribution in [-0.2, 0) is 46.9 Å². The second kappa shape index (κ2) is 21.8. The lowest BCUT2D eigenvalue weighted by Crippen LogP contribution is -2.57. The van der Waals surface area contributed by atoms with Gasteiger partial charge in [0.15, 0.2) is 5.82 Å². The molecule has 314 valence electrons. The second-order valence-electron chi connectivity index (χ2n) is 14.2. The number of benzene rings is 1. The zero-order valence-electron chi connectivity index (χ0n) is 33.5. The number of unbranched alkanes of at least 4 members (excludes halogenated alkanes) is 1. The number of aromatic nitrogens is 2. The van der Waals surface area contributed by atoms with Gasteiger partial charge in [-0.15, -0.1) is 0 Å². The molecule has 3 heterocycles. The Kier molecular flexibility index (Phi) is 17.2. The van der Waals surface area contributed by atoms with Gasteiger partial charge in [0.1, 0.15) is 17.6 Å². The molecule has 0 aliphatic carbocycles. The lowest BCUT2D eigenvalue weighted by Gasteiger charge is -2.36. The molecule has 18 nitrogen and oxygen atoms in total. The lowest BCUT2D eigenvalue weighted by molar-refractivity contribution is -0.156. The Bertz CT molecular complexity index is 1690. The molecular weight excluding hydrogens is 763 g/mol. The fourth-order valence-electron chi connectivity index (χ4n) is 5.73. The second-order valence-corrected chi connectivity index (χ2v) is 16.3. The maximum Gasteiger partial charge on any atom is 0.409 e. The summed E-state index contributed by atoms with van der Waals surface area (Å²) in [6.45, 7) is 8.61. The molecule has 2 aliphatic heterocycles. The zero-order chi connectivity index (χ0) is 41.5. The Balaban J connectivity index is 1.65. The van der Waals surface area contributed by atoms with Gasteiger partial charge in [0, 0.05) is 58.0 Å². The molecule has 57 heavy (non-hydrogen) atoms. The van der Waals surface area contributed by atoms with Crippen LogP contribution >= 0.6 is 7.60 Å². The highest BCUT2D eigenvalue weighted by molar-refractivity contribution is 7.54. The maximum absolute atomic E-state index is 14.4. The third-order valence-electron chi connectivity index (χ3n) is 9.21. The molecule has 4 rings (SSSR count). The molecule has 2 saturated heterocycles. The van der Waals surface area contributed by atoms with Crippen LogP contribution in [0.15, 0.2) is 36.4 Å². The number of carbonyl (C=O) groups is 5. The first kappa shape index (κ1) is 45.1. The van der Waals surface area contributed by atoms with Crippen molar-refractivity contribution in [2.45, 2.75) is 66.0 Å². The van der Waals surface area contributed by atoms with Crippen molar-refractivity contribution in [2.75, 3.05) is 77.6 Å². The largest absolute Gasteiger partial charge is 0.449 e. The first-order valence-corrected chi connectivity index (χ1v) is 20.9. The Hall–Kier alpha value is -4.64. The minimum Gasteiger partial charge on any atom is -0.449 e. The van der Waals surface area contributed by atoms with Crippen molar-refractivity contribution in [3.8, 4) is 11.4 Å². The van der Waals surface area contributed by atoms with E-state index in [1.807, 2.05) is 30.0 Å². The van der Waals surface area contributed by atoms with E-state index in [-0.39, 0.29) is 50.4 Å². The molecular formula is C38H55N6O12P. The van der Waals surface area contributed by atoms with Crippen LogP contribution in [0.2, 0.25) is 0 Å². The van der Waals surface area contributed by atoms with E-state index in [1.165, 1.54) is 15.9 Å². The van der Waals surface area contributed by atoms with Crippen molar-refractivity contribution >= 4 is 43.3 Å². The molecule has 2 fully saturated rings. The first-order valence-electron chi connectivity index (χ1n) is 19.2. The van der Waals surface area contributed by atoms with Crippen LogP contribution in [0.5, 0.6) is 0 Å². The fraction of sp³-hybridized carbons (Fsp3) is 0.605. The van der Waals surface area contributed by atoms with Gasteiger partial charge < -0.3 is 39.0 Å². The van der Waals surface area contributed by atoms with E-state index in [4.69, 9.17) is 33.0 Å². The number of methoxy groups -OCH3 is 1. The van der Waals surface area contributed by atoms with E-state index in [0.29, 0.717) is 24.5 Å². The molecule has 0 saturated carbocycles. The Labute approximate surface area is 333 Å². The predicted molar refractivity (Wildman–Crippen MR) is 207 cm³/mol. The van der Waals surface area contributed by atoms with Crippen LogP contribution in [-0.4, -0.2) is 134 Å². The van der Waals surface area contributed by atoms with E-state index in [1.54, 1.807) is 46.9 Å². The Morgan fingerprint density at radius 1 is 0.860 bits per heavy atom. The molecule has 2 aromatic rings. The molecule has 2 aliphatic rings. The summed E-state index contributed by atoms with van der Waals surface area (Å²) in [4.78, 5) is 79.8. The van der Waals surface area contributed by atoms with Crippen LogP contribution in [0.1, 0.15) is 64.4 Å². The minimum atomic E-state index is -4.50. The van der Waals surface area contributed by atoms with Gasteiger partial charge >= 0.3 is 25.6 Å². The maximum atomic E-state index is 14.4. The van der Waals surface area contributed by atoms with Crippen molar-refractivity contribution in [1.82, 2.24) is 25.1 Å². The van der Waals surface area contributed by atoms with Crippen molar-refractivity contribution in [3.05, 3.63) is 42.1 Å². The number of hydrogen-bond donors (Lipinski definition) is 1. The highest BCUT2D eigenvalue weighted by Crippen LogP contribution is 2.49. The van der Waals surface area contributed by atoms with Crippen molar-refractivity contribution in [2.24, 2.45) is 11.8 Å². The number of rotatable bonds is 19. The van der Waals surface area contributed by atoms with E-state index in [2.05, 4.69) is 10.3 Å². The predicted octanol–water partition coefficient (Wildman–Crippen LogP) is 4.09. The third kappa shape index (κ3) is 13.5. The number of nitrogens with one attached hydrogen (secondary N) is 1. The summed E-state index contributed by atoms with van der Waals surface area (Å²) in [6.07, 6.45) is 1.04. The summed E-state index contributed by atoms with van der Waals surface area (Å²) >= 11 is 0. The van der Waals surface area contributed by atoms with Gasteiger partial charge in [0.25, 0.3) is 5.91 Å². The van der Waals surface area contributed by atoms with Crippen molar-refractivity contribution in [1.29, 1.82) is 0 Å². The quantitative estimate of drug-likeness (QED) is 0.0697. The van der Waals surface area contributed by atoms with Crippen molar-refractivity contribution in [3.63, 3.8) is 0 Å². The van der Waals surface area contributed by atoms with Crippen LogP contribution in [0.25, 0.3) is 11.4 Å². The topological polar surface area (TPSA) is 205 Å². The number of esters is 2. The number of carbonyl (C=O) groups excluding carboxylic acids is 5. The number of anilines is 1. The standard InChI is InChI=1S/C38H55N6O12P/c1-7-8-20-52-38(49)43-18-16-42(17-19-43)35(46)31(23-57(50,55-24-53-36(47)26(2)3)56-25-54-37(48)27(4)5)40-34(45)30-21-32(44-15-14-29(22-44)51-6)41-33(39-30)28-12-10-9-11-13-28/h9-13,21,26-27,29,31H,7-8,14-20,22-25H2,1-6H3,(H,40,45)/t29-,31-/m0/s1. The van der Waals surface area contributed by atoms with E-state index in [9.17, 15) is 28.5 Å². The summed E-state index contributed by atoms with van der Waals surface area (Å²) in [5.74, 6) is -3.08. The fourth-order valence-corrected chi connectivity index (χ4v) is 7.14. The van der Waals surface area contributed by atoms with Crippen LogP contribution in [0, 0.1) is 11.8 Å². The number of piperazine rings is 1. The summed E-state index contributed by atoms with van der Waals surface area (Å²) in [5.41, 5.74) is 0.568. The van der Waals surface area contributed by atoms with Gasteiger partial charge in [0.2, 0.25) is 19.5 Å². The SMILES string of the molecule is CCCCOC(=O)N1CCN(C(=O)[C@H](CP(=O)(OCOC(=O)C(C)C)OCOC(=O)C(C)C)NC(=O)c2cc(N3CC[C@H](OC)C3)nc(-c3ccccc3)n2)CC1. The molecule has 2 atom stereocenters. The molecule has 19 heteroatoms. The molecule has 1 aromatic heterocycles. The number of amides is 3. The van der Waals surface area contributed by atoms with Gasteiger partial charge in [-0.1, -0.05) is 71.4 Å². The average Bonchev–Trinajstić information content (AvgIpc) is 3.70. The highest BCUT2D eigenvalue weighted by Gasteiger charge is 2.39. The normalized spacial score (nSPS) is 16.4. The monoisotopic (exact) mass is 818 g/mol. The molecule has 0 spiro atoms. The van der Waals surface area contributed by atoms with Crippen LogP contribution in [0.3, 0.4) is 0 Å². The summed E-state index contributed by atoms with van der Waals surface area (Å²) in [6, 6.07) is 9.02. The van der Waals surface area contributed by atoms with Gasteiger partial charge in [0.05, 0.1) is 30.7 Å². The van der Waals surface area contributed by atoms with Crippen molar-refractivity contribution < 1.29 is 56.5 Å². The number of hydrogen-bond acceptors (Lipinski definition) is 15. The molecule has 0 unspecified atom stereocenters. The molecule has 1 N–H and O–H groups in total. The summed E-state index contributed by atoms with van der Waals surface area (Å²) < 4.78 is 46.4. The summed E-state index contributed by atoms with van der Waals surface area (Å²) in [7, 11) is -2.86. The zero-order valence-corrected chi connectivity index (χ0v) is 34.4. The number of nitrogens with zero attached hydrogens (tertiary/aromatic N) is 5. The Morgan fingerprint density at radius 3 is 2.04 bits per heavy atom. The minimum absolute atomic E-state index is 0.0353. The van der Waals surface area contributed by atoms with Gasteiger partial charge in [-0.2, -0.15) is 0 Å². The third-order valence-corrected chi connectivity index (χ3v) is 11.0. The molecule has 0 radical (unpaired) electrons. The first-order chi connectivity index (χ1) is 27.2. The van der Waals surface area contributed by atoms with Crippen LogP contribution in [0.4, 0.5) is 10.6 Å². The molecule has 3 amide bonds. The van der Waals surface area contributed by atoms with Gasteiger partial charge in [-0.05, 0) is 12.8 Å². The molecule has 0 bridgehead atoms. The average molecular weight is 819 g/mol. The van der Waals surface area contributed by atoms with Gasteiger partial charge in [-0.25, -0.2) is 14.8 Å². The summed E-state index contributed by atoms with van der Waals surface area (Å²) in [5, 5.41) is 2.69. The Morgan fingerprint density at radius 2 is 1.47 bits per heavy atom. The highest BCUT2D eigenvalue weighted by atomic mass is 31.2.